The van der Waals surface area contributed by atoms with E-state index < -0.39 is 6.04 Å². The second kappa shape index (κ2) is 9.98. The van der Waals surface area contributed by atoms with E-state index in [1.165, 1.54) is 17.8 Å². The maximum Gasteiger partial charge on any atom is 0.251 e. The van der Waals surface area contributed by atoms with E-state index in [2.05, 4.69) is 10.6 Å². The zero-order valence-electron chi connectivity index (χ0n) is 16.8. The van der Waals surface area contributed by atoms with Gasteiger partial charge in [0.05, 0.1) is 13.0 Å². The first-order valence-electron chi connectivity index (χ1n) is 9.35. The molecule has 1 aliphatic rings. The molecule has 1 saturated heterocycles. The van der Waals surface area contributed by atoms with Crippen molar-refractivity contribution in [2.24, 2.45) is 0 Å². The number of hydrogen-bond donors (Lipinski definition) is 2. The van der Waals surface area contributed by atoms with Crippen LogP contribution < -0.4 is 15.4 Å². The first-order valence-corrected chi connectivity index (χ1v) is 10.5. The summed E-state index contributed by atoms with van der Waals surface area (Å²) in [5.41, 5.74) is 1.99. The zero-order valence-corrected chi connectivity index (χ0v) is 17.6. The molecule has 2 aromatic rings. The SMILES string of the molecule is CNC(=O)c1ccc(/C=C/C(=O)N2CSCC2C(=O)Nc2ccc(OC)cc2)cc1. The molecule has 1 fully saturated rings. The number of methoxy groups -OCH3 is 1. The highest BCUT2D eigenvalue weighted by Gasteiger charge is 2.33. The zero-order chi connectivity index (χ0) is 21.5. The monoisotopic (exact) mass is 425 g/mol. The normalized spacial score (nSPS) is 15.8. The quantitative estimate of drug-likeness (QED) is 0.695. The highest BCUT2D eigenvalue weighted by atomic mass is 32.2. The average molecular weight is 426 g/mol. The smallest absolute Gasteiger partial charge is 0.251 e. The molecule has 1 aliphatic heterocycles. The minimum atomic E-state index is -0.537. The lowest BCUT2D eigenvalue weighted by Gasteiger charge is -2.21. The number of anilines is 1. The molecule has 3 rings (SSSR count). The minimum absolute atomic E-state index is 0.165. The molecule has 0 saturated carbocycles. The summed E-state index contributed by atoms with van der Waals surface area (Å²) in [5.74, 6) is 1.09. The number of carbonyl (C=O) groups is 3. The van der Waals surface area contributed by atoms with Crippen molar-refractivity contribution in [2.75, 3.05) is 31.1 Å². The van der Waals surface area contributed by atoms with Gasteiger partial charge in [0.25, 0.3) is 5.91 Å². The van der Waals surface area contributed by atoms with Gasteiger partial charge in [-0.3, -0.25) is 14.4 Å². The van der Waals surface area contributed by atoms with Crippen molar-refractivity contribution in [1.82, 2.24) is 10.2 Å². The summed E-state index contributed by atoms with van der Waals surface area (Å²) in [4.78, 5) is 38.5. The van der Waals surface area contributed by atoms with E-state index >= 15 is 0 Å². The summed E-state index contributed by atoms with van der Waals surface area (Å²) in [6.45, 7) is 0. The summed E-state index contributed by atoms with van der Waals surface area (Å²) in [6, 6.07) is 13.4. The Balaban J connectivity index is 1.62. The van der Waals surface area contributed by atoms with Crippen LogP contribution in [0.2, 0.25) is 0 Å². The standard InChI is InChI=1S/C22H23N3O4S/c1-23-21(27)16-6-3-15(4-7-16)5-12-20(26)25-14-30-13-19(25)22(28)24-17-8-10-18(29-2)11-9-17/h3-12,19H,13-14H2,1-2H3,(H,23,27)(H,24,28)/b12-5+. The molecule has 156 valence electrons. The van der Waals surface area contributed by atoms with Gasteiger partial charge in [0.2, 0.25) is 11.8 Å². The Kier molecular flexibility index (Phi) is 7.13. The largest absolute Gasteiger partial charge is 0.497 e. The van der Waals surface area contributed by atoms with Crippen molar-refractivity contribution in [2.45, 2.75) is 6.04 Å². The molecule has 1 atom stereocenters. The van der Waals surface area contributed by atoms with Gasteiger partial charge >= 0.3 is 0 Å². The summed E-state index contributed by atoms with van der Waals surface area (Å²) >= 11 is 1.54. The predicted octanol–water partition coefficient (Wildman–Crippen LogP) is 2.61. The van der Waals surface area contributed by atoms with Crippen LogP contribution in [0.25, 0.3) is 6.08 Å². The first-order chi connectivity index (χ1) is 14.5. The Morgan fingerprint density at radius 3 is 2.43 bits per heavy atom. The van der Waals surface area contributed by atoms with Gasteiger partial charge in [-0.05, 0) is 48.0 Å². The van der Waals surface area contributed by atoms with E-state index in [1.807, 2.05) is 0 Å². The lowest BCUT2D eigenvalue weighted by molar-refractivity contribution is -0.132. The Bertz CT molecular complexity index is 942. The van der Waals surface area contributed by atoms with Gasteiger partial charge in [-0.15, -0.1) is 11.8 Å². The van der Waals surface area contributed by atoms with E-state index in [4.69, 9.17) is 4.74 Å². The third-order valence-corrected chi connectivity index (χ3v) is 5.66. The molecule has 3 amide bonds. The number of hydrogen-bond acceptors (Lipinski definition) is 5. The highest BCUT2D eigenvalue weighted by Crippen LogP contribution is 2.23. The van der Waals surface area contributed by atoms with Gasteiger partial charge in [-0.25, -0.2) is 0 Å². The number of rotatable bonds is 6. The van der Waals surface area contributed by atoms with Gasteiger partial charge in [-0.1, -0.05) is 12.1 Å². The molecule has 0 spiro atoms. The molecule has 8 heteroatoms. The van der Waals surface area contributed by atoms with Crippen molar-refractivity contribution >= 4 is 41.2 Å². The summed E-state index contributed by atoms with van der Waals surface area (Å²) in [6.07, 6.45) is 3.13. The minimum Gasteiger partial charge on any atom is -0.497 e. The molecule has 0 radical (unpaired) electrons. The van der Waals surface area contributed by atoms with E-state index in [0.29, 0.717) is 28.6 Å². The number of ether oxygens (including phenoxy) is 1. The van der Waals surface area contributed by atoms with Crippen LogP contribution in [0.4, 0.5) is 5.69 Å². The summed E-state index contributed by atoms with van der Waals surface area (Å²) in [5, 5.41) is 5.41. The molecule has 7 nitrogen and oxygen atoms in total. The lowest BCUT2D eigenvalue weighted by atomic mass is 10.1. The summed E-state index contributed by atoms with van der Waals surface area (Å²) in [7, 11) is 3.15. The van der Waals surface area contributed by atoms with E-state index in [0.717, 1.165) is 5.56 Å². The average Bonchev–Trinajstić information content (AvgIpc) is 3.28. The number of nitrogens with zero attached hydrogens (tertiary/aromatic N) is 1. The third-order valence-electron chi connectivity index (χ3n) is 4.64. The van der Waals surface area contributed by atoms with Crippen molar-refractivity contribution in [3.8, 4) is 5.75 Å². The van der Waals surface area contributed by atoms with Crippen molar-refractivity contribution < 1.29 is 19.1 Å². The number of amides is 3. The molecular weight excluding hydrogens is 402 g/mol. The van der Waals surface area contributed by atoms with Crippen molar-refractivity contribution in [3.05, 3.63) is 65.7 Å². The van der Waals surface area contributed by atoms with Crippen LogP contribution in [0.5, 0.6) is 5.75 Å². The van der Waals surface area contributed by atoms with Gasteiger partial charge < -0.3 is 20.3 Å². The first kappa shape index (κ1) is 21.4. The Hall–Kier alpha value is -3.26. The molecule has 2 N–H and O–H groups in total. The molecule has 0 bridgehead atoms. The molecule has 30 heavy (non-hydrogen) atoms. The van der Waals surface area contributed by atoms with Gasteiger partial charge in [0.1, 0.15) is 11.8 Å². The Labute approximate surface area is 179 Å². The second-order valence-corrected chi connectivity index (χ2v) is 7.58. The van der Waals surface area contributed by atoms with Crippen molar-refractivity contribution in [1.29, 1.82) is 0 Å². The second-order valence-electron chi connectivity index (χ2n) is 6.58. The molecule has 2 aromatic carbocycles. The van der Waals surface area contributed by atoms with Crippen LogP contribution in [-0.2, 0) is 9.59 Å². The fourth-order valence-electron chi connectivity index (χ4n) is 2.93. The number of thioether (sulfide) groups is 1. The molecule has 0 aliphatic carbocycles. The molecular formula is C22H23N3O4S. The lowest BCUT2D eigenvalue weighted by Crippen LogP contribution is -2.43. The fraction of sp³-hybridized carbons (Fsp3) is 0.227. The molecule has 1 heterocycles. The Morgan fingerprint density at radius 2 is 1.80 bits per heavy atom. The number of nitrogens with one attached hydrogen (secondary N) is 2. The highest BCUT2D eigenvalue weighted by molar-refractivity contribution is 7.99. The maximum atomic E-state index is 12.7. The summed E-state index contributed by atoms with van der Waals surface area (Å²) < 4.78 is 5.11. The van der Waals surface area contributed by atoms with Crippen LogP contribution in [0.15, 0.2) is 54.6 Å². The predicted molar refractivity (Wildman–Crippen MR) is 118 cm³/mol. The maximum absolute atomic E-state index is 12.7. The topological polar surface area (TPSA) is 87.7 Å². The van der Waals surface area contributed by atoms with E-state index in [-0.39, 0.29) is 17.7 Å². The van der Waals surface area contributed by atoms with Gasteiger partial charge in [0, 0.05) is 30.1 Å². The van der Waals surface area contributed by atoms with E-state index in [9.17, 15) is 14.4 Å². The van der Waals surface area contributed by atoms with Crippen molar-refractivity contribution in [3.63, 3.8) is 0 Å². The van der Waals surface area contributed by atoms with Crippen LogP contribution >= 0.6 is 11.8 Å². The number of carbonyl (C=O) groups excluding carboxylic acids is 3. The van der Waals surface area contributed by atoms with Crippen LogP contribution in [0, 0.1) is 0 Å². The van der Waals surface area contributed by atoms with E-state index in [1.54, 1.807) is 73.7 Å². The molecule has 1 unspecified atom stereocenters. The fourth-order valence-corrected chi connectivity index (χ4v) is 4.09. The number of benzene rings is 2. The van der Waals surface area contributed by atoms with Gasteiger partial charge in [0.15, 0.2) is 0 Å². The van der Waals surface area contributed by atoms with Crippen LogP contribution in [0.3, 0.4) is 0 Å². The van der Waals surface area contributed by atoms with Gasteiger partial charge in [-0.2, -0.15) is 0 Å². The van der Waals surface area contributed by atoms with Crippen LogP contribution in [0.1, 0.15) is 15.9 Å². The third kappa shape index (κ3) is 5.21. The van der Waals surface area contributed by atoms with Crippen LogP contribution in [-0.4, -0.2) is 54.5 Å². The molecule has 0 aromatic heterocycles. The Morgan fingerprint density at radius 1 is 1.10 bits per heavy atom.